The van der Waals surface area contributed by atoms with Crippen LogP contribution < -0.4 is 5.32 Å². The van der Waals surface area contributed by atoms with Gasteiger partial charge in [0.25, 0.3) is 5.91 Å². The van der Waals surface area contributed by atoms with Crippen molar-refractivity contribution >= 4 is 5.91 Å². The Bertz CT molecular complexity index is 706. The summed E-state index contributed by atoms with van der Waals surface area (Å²) in [4.78, 5) is 12.6. The average molecular weight is 330 g/mol. The maximum Gasteiger partial charge on any atom is 0.256 e. The van der Waals surface area contributed by atoms with Crippen molar-refractivity contribution in [1.29, 1.82) is 0 Å². The highest BCUT2D eigenvalue weighted by Gasteiger charge is 2.25. The zero-order chi connectivity index (χ0) is 17.3. The molecule has 0 aromatic carbocycles. The molecule has 0 radical (unpaired) electrons. The van der Waals surface area contributed by atoms with Crippen molar-refractivity contribution in [3.63, 3.8) is 0 Å². The van der Waals surface area contributed by atoms with Crippen LogP contribution in [-0.4, -0.2) is 38.0 Å². The minimum absolute atomic E-state index is 0.192. The maximum atomic E-state index is 12.6. The second kappa shape index (κ2) is 6.81. The Kier molecular flexibility index (Phi) is 4.76. The lowest BCUT2D eigenvalue weighted by molar-refractivity contribution is 0.0840. The molecule has 3 rings (SSSR count). The Labute approximate surface area is 142 Å². The van der Waals surface area contributed by atoms with Crippen LogP contribution in [0.4, 0.5) is 0 Å². The Balaban J connectivity index is 1.76. The molecule has 0 bridgehead atoms. The predicted molar refractivity (Wildman–Crippen MR) is 92.3 cm³/mol. The van der Waals surface area contributed by atoms with Crippen LogP contribution in [0.1, 0.15) is 47.4 Å². The lowest BCUT2D eigenvalue weighted by atomic mass is 10.0. The first-order valence-electron chi connectivity index (χ1n) is 8.62. The molecule has 130 valence electrons. The fourth-order valence-corrected chi connectivity index (χ4v) is 3.66. The lowest BCUT2D eigenvalue weighted by Gasteiger charge is -2.18. The molecule has 2 heterocycles. The Morgan fingerprint density at radius 1 is 1.33 bits per heavy atom. The zero-order valence-corrected chi connectivity index (χ0v) is 14.6. The molecular weight excluding hydrogens is 304 g/mol. The van der Waals surface area contributed by atoms with E-state index in [9.17, 15) is 9.90 Å². The highest BCUT2D eigenvalue weighted by molar-refractivity contribution is 5.97. The number of rotatable bonds is 5. The Hall–Kier alpha value is -2.08. The van der Waals surface area contributed by atoms with Crippen LogP contribution in [0.5, 0.6) is 0 Å². The zero-order valence-electron chi connectivity index (χ0n) is 14.6. The summed E-state index contributed by atoms with van der Waals surface area (Å²) in [6.07, 6.45) is 5.58. The summed E-state index contributed by atoms with van der Waals surface area (Å²) in [6, 6.07) is 4.04. The molecule has 6 nitrogen and oxygen atoms in total. The van der Waals surface area contributed by atoms with Gasteiger partial charge < -0.3 is 15.0 Å². The van der Waals surface area contributed by atoms with Gasteiger partial charge in [-0.1, -0.05) is 12.8 Å². The highest BCUT2D eigenvalue weighted by atomic mass is 16.3. The van der Waals surface area contributed by atoms with E-state index >= 15 is 0 Å². The Morgan fingerprint density at radius 2 is 1.96 bits per heavy atom. The molecule has 0 saturated heterocycles. The van der Waals surface area contributed by atoms with Gasteiger partial charge >= 0.3 is 0 Å². The third-order valence-electron chi connectivity index (χ3n) is 5.05. The highest BCUT2D eigenvalue weighted by Crippen LogP contribution is 2.27. The fraction of sp³-hybridized carbons (Fsp3) is 0.556. The minimum Gasteiger partial charge on any atom is -0.391 e. The molecule has 1 aliphatic rings. The smallest absolute Gasteiger partial charge is 0.256 e. The molecule has 1 saturated carbocycles. The molecule has 24 heavy (non-hydrogen) atoms. The average Bonchev–Trinajstić information content (AvgIpc) is 3.27. The maximum absolute atomic E-state index is 12.6. The number of hydrogen-bond donors (Lipinski definition) is 2. The van der Waals surface area contributed by atoms with Gasteiger partial charge in [0.15, 0.2) is 0 Å². The molecule has 1 fully saturated rings. The van der Waals surface area contributed by atoms with E-state index in [0.29, 0.717) is 18.0 Å². The third kappa shape index (κ3) is 3.11. The molecule has 1 atom stereocenters. The summed E-state index contributed by atoms with van der Waals surface area (Å²) in [5, 5.41) is 17.4. The second-order valence-corrected chi connectivity index (χ2v) is 6.78. The first kappa shape index (κ1) is 16.8. The van der Waals surface area contributed by atoms with E-state index in [0.717, 1.165) is 30.0 Å². The van der Waals surface area contributed by atoms with Gasteiger partial charge in [-0.05, 0) is 44.7 Å². The summed E-state index contributed by atoms with van der Waals surface area (Å²) in [7, 11) is 1.83. The van der Waals surface area contributed by atoms with E-state index < -0.39 is 6.10 Å². The summed E-state index contributed by atoms with van der Waals surface area (Å²) >= 11 is 0. The van der Waals surface area contributed by atoms with Gasteiger partial charge in [0.05, 0.1) is 12.3 Å². The van der Waals surface area contributed by atoms with Crippen LogP contribution >= 0.6 is 0 Å². The number of aliphatic hydroxyl groups is 1. The van der Waals surface area contributed by atoms with Crippen molar-refractivity contribution in [1.82, 2.24) is 19.7 Å². The summed E-state index contributed by atoms with van der Waals surface area (Å²) in [5.41, 5.74) is 2.63. The van der Waals surface area contributed by atoms with E-state index in [4.69, 9.17) is 0 Å². The van der Waals surface area contributed by atoms with Crippen molar-refractivity contribution in [3.8, 4) is 5.82 Å². The van der Waals surface area contributed by atoms with Crippen LogP contribution in [-0.2, 0) is 7.05 Å². The monoisotopic (exact) mass is 330 g/mol. The number of amides is 1. The molecular formula is C18H26N4O2. The van der Waals surface area contributed by atoms with Gasteiger partial charge in [-0.3, -0.25) is 9.48 Å². The van der Waals surface area contributed by atoms with Crippen LogP contribution in [0.2, 0.25) is 0 Å². The van der Waals surface area contributed by atoms with Gasteiger partial charge in [0, 0.05) is 25.0 Å². The van der Waals surface area contributed by atoms with Crippen molar-refractivity contribution < 1.29 is 9.90 Å². The molecule has 1 unspecified atom stereocenters. The van der Waals surface area contributed by atoms with E-state index in [2.05, 4.69) is 10.4 Å². The molecule has 2 aromatic heterocycles. The number of carbonyl (C=O) groups is 1. The molecule has 1 amide bonds. The van der Waals surface area contributed by atoms with E-state index in [-0.39, 0.29) is 5.91 Å². The fourth-order valence-electron chi connectivity index (χ4n) is 3.66. The number of carbonyl (C=O) groups excluding carboxylic acids is 1. The number of aliphatic hydroxyl groups excluding tert-OH is 1. The van der Waals surface area contributed by atoms with E-state index in [1.807, 2.05) is 37.6 Å². The van der Waals surface area contributed by atoms with Gasteiger partial charge in [-0.15, -0.1) is 0 Å². The predicted octanol–water partition coefficient (Wildman–Crippen LogP) is 2.11. The lowest BCUT2D eigenvalue weighted by Crippen LogP contribution is -2.36. The van der Waals surface area contributed by atoms with Gasteiger partial charge in [0.1, 0.15) is 11.4 Å². The molecule has 0 spiro atoms. The van der Waals surface area contributed by atoms with Crippen molar-refractivity contribution in [2.24, 2.45) is 13.0 Å². The summed E-state index contributed by atoms with van der Waals surface area (Å²) < 4.78 is 3.73. The standard InChI is InChI=1S/C18H26N4O2/c1-12-8-9-13(2)22(12)18-15(10-20-21(18)3)17(24)19-11-16(23)14-6-4-5-7-14/h8-10,14,16,23H,4-7,11H2,1-3H3,(H,19,24). The molecule has 2 aromatic rings. The van der Waals surface area contributed by atoms with Gasteiger partial charge in [0.2, 0.25) is 0 Å². The normalized spacial score (nSPS) is 16.5. The first-order chi connectivity index (χ1) is 11.5. The molecule has 2 N–H and O–H groups in total. The largest absolute Gasteiger partial charge is 0.391 e. The summed E-state index contributed by atoms with van der Waals surface area (Å²) in [5.74, 6) is 0.873. The number of nitrogens with one attached hydrogen (secondary N) is 1. The molecule has 0 aliphatic heterocycles. The third-order valence-corrected chi connectivity index (χ3v) is 5.05. The van der Waals surface area contributed by atoms with Crippen LogP contribution in [0.15, 0.2) is 18.3 Å². The van der Waals surface area contributed by atoms with E-state index in [1.165, 1.54) is 12.8 Å². The Morgan fingerprint density at radius 3 is 2.58 bits per heavy atom. The quantitative estimate of drug-likeness (QED) is 0.882. The van der Waals surface area contributed by atoms with Crippen molar-refractivity contribution in [2.45, 2.75) is 45.6 Å². The van der Waals surface area contributed by atoms with Gasteiger partial charge in [-0.25, -0.2) is 0 Å². The van der Waals surface area contributed by atoms with Gasteiger partial charge in [-0.2, -0.15) is 5.10 Å². The number of aromatic nitrogens is 3. The first-order valence-corrected chi connectivity index (χ1v) is 8.62. The van der Waals surface area contributed by atoms with Crippen LogP contribution in [0.3, 0.4) is 0 Å². The van der Waals surface area contributed by atoms with Crippen molar-refractivity contribution in [3.05, 3.63) is 35.3 Å². The molecule has 6 heteroatoms. The van der Waals surface area contributed by atoms with Crippen LogP contribution in [0.25, 0.3) is 5.82 Å². The topological polar surface area (TPSA) is 72.1 Å². The van der Waals surface area contributed by atoms with E-state index in [1.54, 1.807) is 10.9 Å². The number of aryl methyl sites for hydroxylation is 3. The second-order valence-electron chi connectivity index (χ2n) is 6.78. The number of hydrogen-bond acceptors (Lipinski definition) is 3. The molecule has 1 aliphatic carbocycles. The minimum atomic E-state index is -0.466. The number of nitrogens with zero attached hydrogens (tertiary/aromatic N) is 3. The SMILES string of the molecule is Cc1ccc(C)n1-c1c(C(=O)NCC(O)C2CCCC2)cnn1C. The van der Waals surface area contributed by atoms with Crippen LogP contribution in [0, 0.1) is 19.8 Å². The summed E-state index contributed by atoms with van der Waals surface area (Å²) in [6.45, 7) is 4.30. The van der Waals surface area contributed by atoms with Crippen molar-refractivity contribution in [2.75, 3.05) is 6.54 Å².